The Balaban J connectivity index is 1.32. The number of carbonyl (C=O) groups is 1. The van der Waals surface area contributed by atoms with Crippen molar-refractivity contribution in [1.82, 2.24) is 15.1 Å². The molecule has 2 aliphatic rings. The molecule has 132 valence electrons. The molecule has 0 aromatic heterocycles. The molecular formula is C19H28ClN3O. The average molecular weight is 350 g/mol. The molecule has 1 atom stereocenters. The molecule has 0 bridgehead atoms. The van der Waals surface area contributed by atoms with Gasteiger partial charge in [-0.3, -0.25) is 14.6 Å². The molecule has 5 heteroatoms. The van der Waals surface area contributed by atoms with Gasteiger partial charge in [-0.05, 0) is 44.0 Å². The van der Waals surface area contributed by atoms with E-state index in [2.05, 4.69) is 22.0 Å². The van der Waals surface area contributed by atoms with Crippen LogP contribution in [0.2, 0.25) is 5.02 Å². The van der Waals surface area contributed by atoms with Crippen molar-refractivity contribution in [3.05, 3.63) is 34.9 Å². The van der Waals surface area contributed by atoms with Gasteiger partial charge < -0.3 is 5.32 Å². The van der Waals surface area contributed by atoms with Crippen LogP contribution in [-0.2, 0) is 11.3 Å². The number of amides is 1. The fourth-order valence-corrected chi connectivity index (χ4v) is 4.01. The summed E-state index contributed by atoms with van der Waals surface area (Å²) in [4.78, 5) is 17.1. The molecule has 0 spiro atoms. The minimum absolute atomic E-state index is 0.116. The van der Waals surface area contributed by atoms with E-state index < -0.39 is 0 Å². The molecule has 1 N–H and O–H groups in total. The van der Waals surface area contributed by atoms with Crippen molar-refractivity contribution in [3.63, 3.8) is 0 Å². The van der Waals surface area contributed by atoms with Gasteiger partial charge in [0, 0.05) is 49.7 Å². The highest BCUT2D eigenvalue weighted by Crippen LogP contribution is 2.24. The molecule has 3 rings (SSSR count). The number of hydrogen-bond acceptors (Lipinski definition) is 3. The molecule has 24 heavy (non-hydrogen) atoms. The third-order valence-electron chi connectivity index (χ3n) is 5.30. The topological polar surface area (TPSA) is 35.6 Å². The van der Waals surface area contributed by atoms with Gasteiger partial charge in [0.25, 0.3) is 0 Å². The number of nitrogens with one attached hydrogen (secondary N) is 1. The van der Waals surface area contributed by atoms with Gasteiger partial charge in [-0.15, -0.1) is 0 Å². The van der Waals surface area contributed by atoms with Crippen LogP contribution in [0.4, 0.5) is 0 Å². The van der Waals surface area contributed by atoms with E-state index in [-0.39, 0.29) is 5.91 Å². The Morgan fingerprint density at radius 3 is 2.92 bits per heavy atom. The second-order valence-corrected chi connectivity index (χ2v) is 7.59. The maximum absolute atomic E-state index is 12.0. The largest absolute Gasteiger partial charge is 0.352 e. The number of nitrogens with zero attached hydrogens (tertiary/aromatic N) is 2. The first-order valence-corrected chi connectivity index (χ1v) is 9.49. The van der Waals surface area contributed by atoms with Gasteiger partial charge in [0.2, 0.25) is 5.91 Å². The summed E-state index contributed by atoms with van der Waals surface area (Å²) in [5.41, 5.74) is 1.04. The highest BCUT2D eigenvalue weighted by atomic mass is 35.5. The monoisotopic (exact) mass is 349 g/mol. The van der Waals surface area contributed by atoms with Crippen molar-refractivity contribution < 1.29 is 4.79 Å². The maximum atomic E-state index is 12.0. The minimum Gasteiger partial charge on any atom is -0.352 e. The summed E-state index contributed by atoms with van der Waals surface area (Å²) < 4.78 is 0. The fourth-order valence-electron chi connectivity index (χ4n) is 3.79. The quantitative estimate of drug-likeness (QED) is 0.857. The average Bonchev–Trinajstić information content (AvgIpc) is 2.53. The highest BCUT2D eigenvalue weighted by Gasteiger charge is 2.34. The van der Waals surface area contributed by atoms with Gasteiger partial charge in [0.05, 0.1) is 0 Å². The number of rotatable bonds is 6. The molecule has 2 heterocycles. The first kappa shape index (κ1) is 17.7. The zero-order chi connectivity index (χ0) is 16.9. The van der Waals surface area contributed by atoms with Crippen LogP contribution in [-0.4, -0.2) is 54.0 Å². The smallest absolute Gasteiger partial charge is 0.221 e. The van der Waals surface area contributed by atoms with E-state index in [1.807, 2.05) is 24.3 Å². The van der Waals surface area contributed by atoms with Crippen molar-refractivity contribution in [2.24, 2.45) is 0 Å². The molecule has 2 aliphatic heterocycles. The predicted molar refractivity (Wildman–Crippen MR) is 98.2 cm³/mol. The van der Waals surface area contributed by atoms with E-state index in [1.54, 1.807) is 0 Å². The Kier molecular flexibility index (Phi) is 6.14. The third-order valence-corrected chi connectivity index (χ3v) is 5.53. The summed E-state index contributed by atoms with van der Waals surface area (Å²) in [6, 6.07) is 9.05. The number of benzene rings is 1. The highest BCUT2D eigenvalue weighted by molar-refractivity contribution is 6.30. The number of carbonyl (C=O) groups excluding carboxylic acids is 1. The Hall–Kier alpha value is -1.10. The van der Waals surface area contributed by atoms with Crippen LogP contribution in [0.5, 0.6) is 0 Å². The van der Waals surface area contributed by atoms with Gasteiger partial charge in [-0.25, -0.2) is 0 Å². The van der Waals surface area contributed by atoms with Crippen LogP contribution in [0.15, 0.2) is 24.3 Å². The van der Waals surface area contributed by atoms with Gasteiger partial charge in [-0.2, -0.15) is 0 Å². The SMILES string of the molecule is C[C@H]1CCCCN1C1CN(CCC(=O)NCc2cccc(Cl)c2)C1. The number of piperidine rings is 1. The van der Waals surface area contributed by atoms with E-state index in [4.69, 9.17) is 11.6 Å². The van der Waals surface area contributed by atoms with Crippen molar-refractivity contribution in [1.29, 1.82) is 0 Å². The van der Waals surface area contributed by atoms with Gasteiger partial charge in [0.15, 0.2) is 0 Å². The molecule has 0 unspecified atom stereocenters. The van der Waals surface area contributed by atoms with Crippen molar-refractivity contribution in [3.8, 4) is 0 Å². The summed E-state index contributed by atoms with van der Waals surface area (Å²) in [5.74, 6) is 0.116. The van der Waals surface area contributed by atoms with Crippen LogP contribution >= 0.6 is 11.6 Å². The Labute approximate surface area is 150 Å². The molecule has 1 aromatic rings. The lowest BCUT2D eigenvalue weighted by atomic mass is 9.97. The lowest BCUT2D eigenvalue weighted by Crippen LogP contribution is -2.62. The van der Waals surface area contributed by atoms with Crippen molar-refractivity contribution in [2.75, 3.05) is 26.2 Å². The van der Waals surface area contributed by atoms with Crippen LogP contribution < -0.4 is 5.32 Å². The molecule has 0 saturated carbocycles. The van der Waals surface area contributed by atoms with E-state index >= 15 is 0 Å². The van der Waals surface area contributed by atoms with Crippen molar-refractivity contribution >= 4 is 17.5 Å². The molecular weight excluding hydrogens is 322 g/mol. The Bertz CT molecular complexity index is 559. The molecule has 4 nitrogen and oxygen atoms in total. The van der Waals surface area contributed by atoms with Crippen LogP contribution in [0.3, 0.4) is 0 Å². The molecule has 1 aromatic carbocycles. The standard InChI is InChI=1S/C19H28ClN3O/c1-15-5-2-3-9-23(15)18-13-22(14-18)10-8-19(24)21-12-16-6-4-7-17(20)11-16/h4,6-7,11,15,18H,2-3,5,8-10,12-14H2,1H3,(H,21,24)/t15-/m0/s1. The molecule has 2 saturated heterocycles. The minimum atomic E-state index is 0.116. The number of likely N-dealkylation sites (tertiary alicyclic amines) is 2. The Morgan fingerprint density at radius 2 is 2.17 bits per heavy atom. The zero-order valence-corrected chi connectivity index (χ0v) is 15.3. The molecule has 0 radical (unpaired) electrons. The number of halogens is 1. The maximum Gasteiger partial charge on any atom is 0.221 e. The van der Waals surface area contributed by atoms with Gasteiger partial charge in [0.1, 0.15) is 0 Å². The van der Waals surface area contributed by atoms with Crippen LogP contribution in [0.1, 0.15) is 38.2 Å². The van der Waals surface area contributed by atoms with Gasteiger partial charge >= 0.3 is 0 Å². The summed E-state index contributed by atoms with van der Waals surface area (Å²) in [6.45, 7) is 7.25. The lowest BCUT2D eigenvalue weighted by molar-refractivity contribution is -0.122. The van der Waals surface area contributed by atoms with Crippen molar-refractivity contribution in [2.45, 2.75) is 51.2 Å². The first-order chi connectivity index (χ1) is 11.6. The zero-order valence-electron chi connectivity index (χ0n) is 14.5. The van der Waals surface area contributed by atoms with E-state index in [0.717, 1.165) is 31.2 Å². The second kappa shape index (κ2) is 8.32. The first-order valence-electron chi connectivity index (χ1n) is 9.11. The predicted octanol–water partition coefficient (Wildman–Crippen LogP) is 2.90. The number of hydrogen-bond donors (Lipinski definition) is 1. The lowest BCUT2D eigenvalue weighted by Gasteiger charge is -2.49. The summed E-state index contributed by atoms with van der Waals surface area (Å²) >= 11 is 5.95. The summed E-state index contributed by atoms with van der Waals surface area (Å²) in [6.07, 6.45) is 4.62. The molecule has 0 aliphatic carbocycles. The van der Waals surface area contributed by atoms with E-state index in [1.165, 1.54) is 25.8 Å². The van der Waals surface area contributed by atoms with Gasteiger partial charge in [-0.1, -0.05) is 30.2 Å². The second-order valence-electron chi connectivity index (χ2n) is 7.15. The summed E-state index contributed by atoms with van der Waals surface area (Å²) in [7, 11) is 0. The van der Waals surface area contributed by atoms with Crippen LogP contribution in [0, 0.1) is 0 Å². The van der Waals surface area contributed by atoms with Crippen LogP contribution in [0.25, 0.3) is 0 Å². The molecule has 1 amide bonds. The molecule has 2 fully saturated rings. The van der Waals surface area contributed by atoms with E-state index in [9.17, 15) is 4.79 Å². The Morgan fingerprint density at radius 1 is 1.33 bits per heavy atom. The van der Waals surface area contributed by atoms with E-state index in [0.29, 0.717) is 24.0 Å². The summed E-state index contributed by atoms with van der Waals surface area (Å²) in [5, 5.41) is 3.69. The fraction of sp³-hybridized carbons (Fsp3) is 0.632. The normalized spacial score (nSPS) is 23.0. The third kappa shape index (κ3) is 4.71.